The highest BCUT2D eigenvalue weighted by molar-refractivity contribution is 5.26. The van der Waals surface area contributed by atoms with Crippen molar-refractivity contribution < 1.29 is 0 Å². The first-order chi connectivity index (χ1) is 10.4. The smallest absolute Gasteiger partial charge is 0.150 e. The second-order valence-electron chi connectivity index (χ2n) is 6.21. The van der Waals surface area contributed by atoms with Crippen LogP contribution < -0.4 is 5.32 Å². The minimum atomic E-state index is 0.352. The summed E-state index contributed by atoms with van der Waals surface area (Å²) in [4.78, 5) is 0. The third-order valence-corrected chi connectivity index (χ3v) is 4.80. The third kappa shape index (κ3) is 2.27. The molecule has 21 heavy (non-hydrogen) atoms. The van der Waals surface area contributed by atoms with Crippen LogP contribution in [0.4, 0.5) is 0 Å². The largest absolute Gasteiger partial charge is 0.312 e. The summed E-state index contributed by atoms with van der Waals surface area (Å²) >= 11 is 0. The lowest BCUT2D eigenvalue weighted by Crippen LogP contribution is -2.35. The van der Waals surface area contributed by atoms with Gasteiger partial charge in [-0.1, -0.05) is 37.3 Å². The molecule has 4 nitrogen and oxygen atoms in total. The highest BCUT2D eigenvalue weighted by Crippen LogP contribution is 2.42. The van der Waals surface area contributed by atoms with Crippen LogP contribution in [0.5, 0.6) is 0 Å². The Hall–Kier alpha value is -1.68. The van der Waals surface area contributed by atoms with Crippen molar-refractivity contribution in [2.45, 2.75) is 44.7 Å². The van der Waals surface area contributed by atoms with Gasteiger partial charge in [0.2, 0.25) is 0 Å². The molecule has 110 valence electrons. The number of hydrogen-bond acceptors (Lipinski definition) is 3. The quantitative estimate of drug-likeness (QED) is 0.937. The lowest BCUT2D eigenvalue weighted by molar-refractivity contribution is 0.374. The van der Waals surface area contributed by atoms with Crippen molar-refractivity contribution >= 4 is 0 Å². The van der Waals surface area contributed by atoms with Crippen molar-refractivity contribution in [2.75, 3.05) is 6.54 Å². The van der Waals surface area contributed by atoms with E-state index in [0.29, 0.717) is 12.0 Å². The van der Waals surface area contributed by atoms with Gasteiger partial charge in [0, 0.05) is 19.0 Å². The Kier molecular flexibility index (Phi) is 3.26. The molecular weight excluding hydrogens is 260 g/mol. The third-order valence-electron chi connectivity index (χ3n) is 4.80. The van der Waals surface area contributed by atoms with E-state index in [1.807, 2.05) is 0 Å². The lowest BCUT2D eigenvalue weighted by Gasteiger charge is -2.26. The van der Waals surface area contributed by atoms with Gasteiger partial charge >= 0.3 is 0 Å². The van der Waals surface area contributed by atoms with Crippen molar-refractivity contribution in [3.05, 3.63) is 47.5 Å². The Bertz CT molecular complexity index is 615. The Morgan fingerprint density at radius 1 is 1.24 bits per heavy atom. The van der Waals surface area contributed by atoms with E-state index in [2.05, 4.69) is 57.3 Å². The van der Waals surface area contributed by atoms with Gasteiger partial charge in [0.15, 0.2) is 5.82 Å². The molecule has 1 saturated carbocycles. The maximum atomic E-state index is 4.58. The summed E-state index contributed by atoms with van der Waals surface area (Å²) in [5, 5.41) is 12.7. The Morgan fingerprint density at radius 3 is 2.76 bits per heavy atom. The van der Waals surface area contributed by atoms with E-state index in [-0.39, 0.29) is 0 Å². The zero-order chi connectivity index (χ0) is 14.2. The number of fused-ring (bicyclic) bond motifs is 1. The minimum absolute atomic E-state index is 0.352. The van der Waals surface area contributed by atoms with Crippen LogP contribution in [0.1, 0.15) is 55.4 Å². The molecule has 1 aliphatic heterocycles. The molecule has 4 rings (SSSR count). The first kappa shape index (κ1) is 13.0. The number of rotatable bonds is 4. The zero-order valence-corrected chi connectivity index (χ0v) is 12.5. The molecule has 0 bridgehead atoms. The van der Waals surface area contributed by atoms with Gasteiger partial charge in [-0.05, 0) is 30.7 Å². The van der Waals surface area contributed by atoms with Crippen LogP contribution in [0, 0.1) is 5.92 Å². The molecule has 2 aromatic rings. The van der Waals surface area contributed by atoms with Crippen LogP contribution in [0.15, 0.2) is 30.3 Å². The maximum Gasteiger partial charge on any atom is 0.150 e. The monoisotopic (exact) mass is 282 g/mol. The van der Waals surface area contributed by atoms with Gasteiger partial charge in [0.25, 0.3) is 0 Å². The van der Waals surface area contributed by atoms with Crippen LogP contribution in [0.3, 0.4) is 0 Å². The van der Waals surface area contributed by atoms with Crippen LogP contribution in [0.25, 0.3) is 0 Å². The molecule has 2 unspecified atom stereocenters. The van der Waals surface area contributed by atoms with Gasteiger partial charge in [0.05, 0.1) is 6.04 Å². The number of aromatic nitrogens is 3. The van der Waals surface area contributed by atoms with Crippen LogP contribution in [-0.2, 0) is 6.54 Å². The fourth-order valence-electron chi connectivity index (χ4n) is 3.53. The van der Waals surface area contributed by atoms with E-state index >= 15 is 0 Å². The van der Waals surface area contributed by atoms with E-state index in [9.17, 15) is 0 Å². The van der Waals surface area contributed by atoms with Gasteiger partial charge in [-0.25, -0.2) is 0 Å². The maximum absolute atomic E-state index is 4.58. The minimum Gasteiger partial charge on any atom is -0.312 e. The van der Waals surface area contributed by atoms with Crippen molar-refractivity contribution in [1.82, 2.24) is 20.1 Å². The molecule has 4 heteroatoms. The number of hydrogen-bond donors (Lipinski definition) is 1. The summed E-state index contributed by atoms with van der Waals surface area (Å²) in [6, 6.07) is 11.1. The topological polar surface area (TPSA) is 42.7 Å². The lowest BCUT2D eigenvalue weighted by atomic mass is 9.95. The molecule has 0 saturated heterocycles. The molecule has 0 amide bonds. The summed E-state index contributed by atoms with van der Waals surface area (Å²) < 4.78 is 2.38. The number of benzene rings is 1. The van der Waals surface area contributed by atoms with Gasteiger partial charge < -0.3 is 9.88 Å². The predicted octanol–water partition coefficient (Wildman–Crippen LogP) is 2.87. The second-order valence-corrected chi connectivity index (χ2v) is 6.21. The first-order valence-corrected chi connectivity index (χ1v) is 8.09. The fraction of sp³-hybridized carbons (Fsp3) is 0.529. The summed E-state index contributed by atoms with van der Waals surface area (Å²) in [6.45, 7) is 4.26. The van der Waals surface area contributed by atoms with E-state index in [0.717, 1.165) is 37.1 Å². The number of nitrogens with zero attached hydrogens (tertiary/aromatic N) is 3. The molecule has 1 fully saturated rings. The molecule has 2 heterocycles. The normalized spacial score (nSPS) is 22.8. The first-order valence-electron chi connectivity index (χ1n) is 8.09. The Morgan fingerprint density at radius 2 is 2.05 bits per heavy atom. The van der Waals surface area contributed by atoms with E-state index in [1.54, 1.807) is 0 Å². The van der Waals surface area contributed by atoms with Crippen molar-refractivity contribution in [3.63, 3.8) is 0 Å². The van der Waals surface area contributed by atoms with Gasteiger partial charge in [-0.2, -0.15) is 0 Å². The summed E-state index contributed by atoms with van der Waals surface area (Å²) in [5.74, 6) is 3.43. The van der Waals surface area contributed by atoms with E-state index in [1.165, 1.54) is 18.4 Å². The van der Waals surface area contributed by atoms with Crippen molar-refractivity contribution in [2.24, 2.45) is 5.92 Å². The molecular formula is C17H22N4. The van der Waals surface area contributed by atoms with Gasteiger partial charge in [-0.15, -0.1) is 10.2 Å². The molecule has 1 aromatic carbocycles. The molecule has 0 spiro atoms. The average molecular weight is 282 g/mol. The Balaban J connectivity index is 1.72. The van der Waals surface area contributed by atoms with E-state index < -0.39 is 0 Å². The fourth-order valence-corrected chi connectivity index (χ4v) is 3.53. The summed E-state index contributed by atoms with van der Waals surface area (Å²) in [5.41, 5.74) is 1.34. The molecule has 1 N–H and O–H groups in total. The summed E-state index contributed by atoms with van der Waals surface area (Å²) in [6.07, 6.45) is 3.72. The van der Waals surface area contributed by atoms with Crippen LogP contribution in [0.2, 0.25) is 0 Å². The van der Waals surface area contributed by atoms with E-state index in [4.69, 9.17) is 0 Å². The molecule has 2 atom stereocenters. The highest BCUT2D eigenvalue weighted by atomic mass is 15.3. The van der Waals surface area contributed by atoms with Gasteiger partial charge in [0.1, 0.15) is 5.82 Å². The van der Waals surface area contributed by atoms with Gasteiger partial charge in [-0.3, -0.25) is 0 Å². The van der Waals surface area contributed by atoms with Crippen molar-refractivity contribution in [3.8, 4) is 0 Å². The van der Waals surface area contributed by atoms with Crippen molar-refractivity contribution in [1.29, 1.82) is 0 Å². The second kappa shape index (κ2) is 5.26. The highest BCUT2D eigenvalue weighted by Gasteiger charge is 2.38. The number of nitrogens with one attached hydrogen (secondary N) is 1. The molecule has 2 aliphatic rings. The van der Waals surface area contributed by atoms with Crippen LogP contribution >= 0.6 is 0 Å². The molecule has 0 radical (unpaired) electrons. The Labute approximate surface area is 125 Å². The molecule has 1 aromatic heterocycles. The molecule has 1 aliphatic carbocycles. The summed E-state index contributed by atoms with van der Waals surface area (Å²) in [7, 11) is 0. The standard InChI is InChI=1S/C17H22N4/c1-2-14(12-6-4-3-5-7-12)16-19-20-17-15(13-8-9-13)18-10-11-21(16)17/h3-7,13-15,18H,2,8-11H2,1H3. The predicted molar refractivity (Wildman–Crippen MR) is 82.1 cm³/mol. The zero-order valence-electron chi connectivity index (χ0n) is 12.5. The SMILES string of the molecule is CCC(c1ccccc1)c1nnc2n1CCNC2C1CC1. The van der Waals surface area contributed by atoms with Crippen LogP contribution in [-0.4, -0.2) is 21.3 Å². The average Bonchev–Trinajstić information content (AvgIpc) is 3.30.